The van der Waals surface area contributed by atoms with E-state index in [1.165, 1.54) is 0 Å². The molecule has 1 unspecified atom stereocenters. The van der Waals surface area contributed by atoms with Crippen molar-refractivity contribution in [3.63, 3.8) is 0 Å². The van der Waals surface area contributed by atoms with Crippen molar-refractivity contribution in [2.45, 2.75) is 58.3 Å². The second kappa shape index (κ2) is 5.24. The molecule has 0 saturated heterocycles. The summed E-state index contributed by atoms with van der Waals surface area (Å²) in [7, 11) is 0. The van der Waals surface area contributed by atoms with E-state index >= 15 is 0 Å². The van der Waals surface area contributed by atoms with Gasteiger partial charge >= 0.3 is 11.9 Å². The van der Waals surface area contributed by atoms with Crippen LogP contribution in [0.3, 0.4) is 0 Å². The maximum absolute atomic E-state index is 11.8. The van der Waals surface area contributed by atoms with E-state index in [1.807, 2.05) is 0 Å². The Morgan fingerprint density at radius 1 is 1.06 bits per heavy atom. The minimum atomic E-state index is -2.19. The Morgan fingerprint density at radius 3 is 1.78 bits per heavy atom. The number of carboxylic acid groups (broad SMARTS) is 1. The predicted molar refractivity (Wildman–Crippen MR) is 66.1 cm³/mol. The Bertz CT molecular complexity index is 326. The highest BCUT2D eigenvalue weighted by Crippen LogP contribution is 2.16. The molecule has 0 fully saturated rings. The third kappa shape index (κ3) is 5.46. The molecule has 0 aromatic carbocycles. The number of aliphatic carboxylic acids is 1. The van der Waals surface area contributed by atoms with Gasteiger partial charge in [-0.05, 0) is 41.5 Å². The number of carboxylic acids is 1. The first-order valence-corrected chi connectivity index (χ1v) is 5.68. The molecule has 0 bridgehead atoms. The number of hydrogen-bond acceptors (Lipinski definition) is 5. The Kier molecular flexibility index (Phi) is 4.91. The molecule has 0 heterocycles. The van der Waals surface area contributed by atoms with Gasteiger partial charge in [0, 0.05) is 0 Å². The largest absolute Gasteiger partial charge is 0.479 e. The van der Waals surface area contributed by atoms with Crippen LogP contribution in [0.25, 0.3) is 0 Å². The molecule has 0 spiro atoms. The third-order valence-corrected chi connectivity index (χ3v) is 1.88. The maximum Gasteiger partial charge on any atom is 0.340 e. The Balaban J connectivity index is 4.93. The van der Waals surface area contributed by atoms with Gasteiger partial charge in [-0.3, -0.25) is 0 Å². The molecule has 0 rings (SSSR count). The van der Waals surface area contributed by atoms with Gasteiger partial charge in [-0.1, -0.05) is 0 Å². The molecule has 0 aliphatic heterocycles. The molecule has 0 amide bonds. The summed E-state index contributed by atoms with van der Waals surface area (Å²) in [5, 5.41) is 9.09. The van der Waals surface area contributed by atoms with Crippen molar-refractivity contribution in [2.75, 3.05) is 6.61 Å². The summed E-state index contributed by atoms with van der Waals surface area (Å²) >= 11 is 0. The second-order valence-corrected chi connectivity index (χ2v) is 6.18. The molecule has 6 heteroatoms. The first kappa shape index (κ1) is 16.9. The quantitative estimate of drug-likeness (QED) is 0.577. The molecular formula is C12H23NO5. The molecule has 6 nitrogen and oxygen atoms in total. The zero-order chi connectivity index (χ0) is 14.8. The number of ether oxygens (including phenoxy) is 2. The monoisotopic (exact) mass is 261 g/mol. The summed E-state index contributed by atoms with van der Waals surface area (Å²) in [5.41, 5.74) is 2.00. The lowest BCUT2D eigenvalue weighted by Gasteiger charge is -2.30. The fraction of sp³-hybridized carbons (Fsp3) is 0.833. The molecule has 1 atom stereocenters. The summed E-state index contributed by atoms with van der Waals surface area (Å²) in [6.07, 6.45) is 0. The number of rotatable bonds is 4. The lowest BCUT2D eigenvalue weighted by atomic mass is 10.0. The molecule has 0 aromatic rings. The van der Waals surface area contributed by atoms with E-state index in [0.29, 0.717) is 0 Å². The number of carbonyl (C=O) groups excluding carboxylic acids is 1. The smallest absolute Gasteiger partial charge is 0.340 e. The van der Waals surface area contributed by atoms with Gasteiger partial charge in [0.05, 0.1) is 12.2 Å². The highest BCUT2D eigenvalue weighted by molar-refractivity contribution is 6.04. The standard InChI is InChI=1S/C12H23NO5/c1-10(2,3)17-7-12(13,8(14)15)9(16)18-11(4,5)6/h7,13H2,1-6H3,(H,14,15). The van der Waals surface area contributed by atoms with Gasteiger partial charge in [-0.15, -0.1) is 0 Å². The minimum absolute atomic E-state index is 0.444. The van der Waals surface area contributed by atoms with E-state index in [1.54, 1.807) is 41.5 Å². The van der Waals surface area contributed by atoms with Gasteiger partial charge in [0.1, 0.15) is 5.60 Å². The van der Waals surface area contributed by atoms with Gasteiger partial charge in [-0.25, -0.2) is 9.59 Å². The average Bonchev–Trinajstić information content (AvgIpc) is 2.09. The van der Waals surface area contributed by atoms with Crippen molar-refractivity contribution in [1.29, 1.82) is 0 Å². The van der Waals surface area contributed by atoms with Crippen molar-refractivity contribution in [3.05, 3.63) is 0 Å². The van der Waals surface area contributed by atoms with Crippen LogP contribution in [0.5, 0.6) is 0 Å². The van der Waals surface area contributed by atoms with Crippen LogP contribution in [0, 0.1) is 0 Å². The summed E-state index contributed by atoms with van der Waals surface area (Å²) in [6.45, 7) is 9.69. The number of carbonyl (C=O) groups is 2. The van der Waals surface area contributed by atoms with Gasteiger partial charge in [0.2, 0.25) is 5.54 Å². The van der Waals surface area contributed by atoms with Crippen LogP contribution in [0.15, 0.2) is 0 Å². The van der Waals surface area contributed by atoms with Crippen molar-refractivity contribution < 1.29 is 24.2 Å². The summed E-state index contributed by atoms with van der Waals surface area (Å²) in [4.78, 5) is 23.0. The van der Waals surface area contributed by atoms with Gasteiger partial charge in [-0.2, -0.15) is 0 Å². The van der Waals surface area contributed by atoms with Gasteiger partial charge < -0.3 is 20.3 Å². The topological polar surface area (TPSA) is 98.9 Å². The van der Waals surface area contributed by atoms with Crippen molar-refractivity contribution >= 4 is 11.9 Å². The van der Waals surface area contributed by atoms with Gasteiger partial charge in [0.25, 0.3) is 0 Å². The van der Waals surface area contributed by atoms with Crippen LogP contribution in [-0.2, 0) is 19.1 Å². The van der Waals surface area contributed by atoms with Crippen molar-refractivity contribution in [1.82, 2.24) is 0 Å². The van der Waals surface area contributed by atoms with Crippen LogP contribution in [-0.4, -0.2) is 40.4 Å². The van der Waals surface area contributed by atoms with Crippen LogP contribution in [0.1, 0.15) is 41.5 Å². The Labute approximate surface area is 107 Å². The molecule has 0 aliphatic carbocycles. The lowest BCUT2D eigenvalue weighted by molar-refractivity contribution is -0.174. The van der Waals surface area contributed by atoms with Crippen LogP contribution < -0.4 is 5.73 Å². The third-order valence-electron chi connectivity index (χ3n) is 1.88. The minimum Gasteiger partial charge on any atom is -0.479 e. The van der Waals surface area contributed by atoms with Crippen LogP contribution in [0.4, 0.5) is 0 Å². The molecule has 0 radical (unpaired) electrons. The van der Waals surface area contributed by atoms with Crippen LogP contribution in [0.2, 0.25) is 0 Å². The van der Waals surface area contributed by atoms with Crippen molar-refractivity contribution in [3.8, 4) is 0 Å². The van der Waals surface area contributed by atoms with E-state index in [0.717, 1.165) is 0 Å². The summed E-state index contributed by atoms with van der Waals surface area (Å²) in [6, 6.07) is 0. The first-order chi connectivity index (χ1) is 7.78. The fourth-order valence-corrected chi connectivity index (χ4v) is 0.907. The average molecular weight is 261 g/mol. The molecule has 0 aromatic heterocycles. The van der Waals surface area contributed by atoms with E-state index in [4.69, 9.17) is 20.3 Å². The molecular weight excluding hydrogens is 238 g/mol. The molecule has 0 saturated carbocycles. The predicted octanol–water partition coefficient (Wildman–Crippen LogP) is 0.925. The van der Waals surface area contributed by atoms with E-state index in [2.05, 4.69) is 0 Å². The highest BCUT2D eigenvalue weighted by atomic mass is 16.6. The van der Waals surface area contributed by atoms with E-state index < -0.39 is 35.3 Å². The highest BCUT2D eigenvalue weighted by Gasteiger charge is 2.46. The zero-order valence-electron chi connectivity index (χ0n) is 11.9. The zero-order valence-corrected chi connectivity index (χ0v) is 11.9. The molecule has 106 valence electrons. The normalized spacial score (nSPS) is 15.9. The second-order valence-electron chi connectivity index (χ2n) is 6.18. The molecule has 3 N–H and O–H groups in total. The molecule has 0 aliphatic rings. The summed E-state index contributed by atoms with van der Waals surface area (Å²) < 4.78 is 10.3. The maximum atomic E-state index is 11.8. The Morgan fingerprint density at radius 2 is 1.50 bits per heavy atom. The Hall–Kier alpha value is -1.14. The fourth-order valence-electron chi connectivity index (χ4n) is 0.907. The van der Waals surface area contributed by atoms with Gasteiger partial charge in [0.15, 0.2) is 0 Å². The molecule has 18 heavy (non-hydrogen) atoms. The van der Waals surface area contributed by atoms with Crippen LogP contribution >= 0.6 is 0 Å². The number of nitrogens with two attached hydrogens (primary N) is 1. The SMILES string of the molecule is CC(C)(C)OCC(N)(C(=O)O)C(=O)OC(C)(C)C. The van der Waals surface area contributed by atoms with E-state index in [9.17, 15) is 9.59 Å². The number of hydrogen-bond donors (Lipinski definition) is 2. The summed E-state index contributed by atoms with van der Waals surface area (Å²) in [5.74, 6) is -2.48. The number of esters is 1. The van der Waals surface area contributed by atoms with E-state index in [-0.39, 0.29) is 0 Å². The lowest BCUT2D eigenvalue weighted by Crippen LogP contribution is -2.61. The first-order valence-electron chi connectivity index (χ1n) is 5.68. The van der Waals surface area contributed by atoms with Crippen molar-refractivity contribution in [2.24, 2.45) is 5.73 Å².